The minimum atomic E-state index is 0.731. The van der Waals surface area contributed by atoms with Gasteiger partial charge in [0.2, 0.25) is 0 Å². The Morgan fingerprint density at radius 3 is 2.89 bits per heavy atom. The minimum absolute atomic E-state index is 0.731. The largest absolute Gasteiger partial charge is 0.379 e. The van der Waals surface area contributed by atoms with Crippen LogP contribution in [-0.4, -0.2) is 4.57 Å². The van der Waals surface area contributed by atoms with Crippen LogP contribution >= 0.6 is 27.5 Å². The molecule has 0 aliphatic heterocycles. The third-order valence-corrected chi connectivity index (χ3v) is 4.00. The summed E-state index contributed by atoms with van der Waals surface area (Å²) in [4.78, 5) is 0. The van der Waals surface area contributed by atoms with E-state index in [4.69, 9.17) is 11.6 Å². The second-order valence-corrected chi connectivity index (χ2v) is 5.44. The first-order chi connectivity index (χ1) is 8.70. The van der Waals surface area contributed by atoms with Gasteiger partial charge in [-0.3, -0.25) is 0 Å². The summed E-state index contributed by atoms with van der Waals surface area (Å²) in [6.07, 6.45) is 3.27. The third-order valence-electron chi connectivity index (χ3n) is 2.78. The molecule has 96 valence electrons. The maximum Gasteiger partial charge on any atom is 0.0553 e. The number of rotatable bonds is 5. The molecule has 0 aliphatic carbocycles. The van der Waals surface area contributed by atoms with Gasteiger partial charge in [0.05, 0.1) is 11.6 Å². The van der Waals surface area contributed by atoms with E-state index in [0.29, 0.717) is 0 Å². The van der Waals surface area contributed by atoms with Crippen LogP contribution in [0.4, 0.5) is 5.69 Å². The smallest absolute Gasteiger partial charge is 0.0553 e. The first kappa shape index (κ1) is 13.5. The molecule has 0 aliphatic rings. The number of benzene rings is 1. The van der Waals surface area contributed by atoms with E-state index in [2.05, 4.69) is 51.1 Å². The van der Waals surface area contributed by atoms with Gasteiger partial charge in [-0.05, 0) is 52.7 Å². The first-order valence-electron chi connectivity index (χ1n) is 6.03. The fourth-order valence-corrected chi connectivity index (χ4v) is 2.36. The molecular weight excluding hydrogens is 312 g/mol. The van der Waals surface area contributed by atoms with Gasteiger partial charge >= 0.3 is 0 Å². The van der Waals surface area contributed by atoms with Crippen molar-refractivity contribution >= 4 is 33.2 Å². The van der Waals surface area contributed by atoms with Crippen molar-refractivity contribution in [2.75, 3.05) is 5.32 Å². The van der Waals surface area contributed by atoms with Crippen LogP contribution in [-0.2, 0) is 13.1 Å². The van der Waals surface area contributed by atoms with Crippen molar-refractivity contribution in [3.05, 3.63) is 51.7 Å². The summed E-state index contributed by atoms with van der Waals surface area (Å²) in [6, 6.07) is 10.1. The van der Waals surface area contributed by atoms with Gasteiger partial charge in [-0.2, -0.15) is 0 Å². The highest BCUT2D eigenvalue weighted by molar-refractivity contribution is 9.10. The third kappa shape index (κ3) is 3.30. The summed E-state index contributed by atoms with van der Waals surface area (Å²) in [5, 5.41) is 4.14. The molecule has 2 aromatic rings. The first-order valence-corrected chi connectivity index (χ1v) is 7.20. The van der Waals surface area contributed by atoms with Gasteiger partial charge in [0, 0.05) is 28.6 Å². The molecule has 0 atom stereocenters. The number of aryl methyl sites for hydroxylation is 1. The Balaban J connectivity index is 2.02. The van der Waals surface area contributed by atoms with Crippen molar-refractivity contribution in [3.8, 4) is 0 Å². The normalized spacial score (nSPS) is 10.6. The van der Waals surface area contributed by atoms with Crippen LogP contribution in [0.25, 0.3) is 0 Å². The molecule has 0 unspecified atom stereocenters. The van der Waals surface area contributed by atoms with Crippen LogP contribution in [0.5, 0.6) is 0 Å². The predicted octanol–water partition coefficient (Wildman–Crippen LogP) is 4.93. The average Bonchev–Trinajstić information content (AvgIpc) is 2.79. The molecule has 0 amide bonds. The van der Waals surface area contributed by atoms with Gasteiger partial charge in [0.25, 0.3) is 0 Å². The fourth-order valence-electron chi connectivity index (χ4n) is 1.87. The van der Waals surface area contributed by atoms with Crippen LogP contribution in [0, 0.1) is 0 Å². The maximum absolute atomic E-state index is 5.97. The maximum atomic E-state index is 5.97. The Morgan fingerprint density at radius 2 is 2.17 bits per heavy atom. The summed E-state index contributed by atoms with van der Waals surface area (Å²) >= 11 is 9.40. The standard InChI is InChI=1S/C14H16BrClN2/c1-2-7-18-8-3-4-12(18)10-17-11-5-6-14(16)13(15)9-11/h3-6,8-9,17H,2,7,10H2,1H3. The number of nitrogens with zero attached hydrogens (tertiary/aromatic N) is 1. The molecule has 4 heteroatoms. The van der Waals surface area contributed by atoms with E-state index >= 15 is 0 Å². The lowest BCUT2D eigenvalue weighted by Gasteiger charge is -2.10. The van der Waals surface area contributed by atoms with E-state index in [1.54, 1.807) is 0 Å². The number of hydrogen-bond donors (Lipinski definition) is 1. The van der Waals surface area contributed by atoms with E-state index in [1.165, 1.54) is 5.69 Å². The molecule has 18 heavy (non-hydrogen) atoms. The van der Waals surface area contributed by atoms with E-state index < -0.39 is 0 Å². The Hall–Kier alpha value is -0.930. The number of halogens is 2. The zero-order chi connectivity index (χ0) is 13.0. The summed E-state index contributed by atoms with van der Waals surface area (Å²) in [6.45, 7) is 4.07. The average molecular weight is 328 g/mol. The molecule has 0 radical (unpaired) electrons. The van der Waals surface area contributed by atoms with E-state index in [1.807, 2.05) is 18.2 Å². The monoisotopic (exact) mass is 326 g/mol. The second kappa shape index (κ2) is 6.30. The molecule has 1 aromatic carbocycles. The number of anilines is 1. The van der Waals surface area contributed by atoms with Crippen molar-refractivity contribution in [2.45, 2.75) is 26.4 Å². The van der Waals surface area contributed by atoms with Crippen LogP contribution in [0.3, 0.4) is 0 Å². The minimum Gasteiger partial charge on any atom is -0.379 e. The summed E-state index contributed by atoms with van der Waals surface area (Å²) in [5.74, 6) is 0. The highest BCUT2D eigenvalue weighted by atomic mass is 79.9. The van der Waals surface area contributed by atoms with Crippen LogP contribution in [0.1, 0.15) is 19.0 Å². The highest BCUT2D eigenvalue weighted by Crippen LogP contribution is 2.25. The number of nitrogens with one attached hydrogen (secondary N) is 1. The van der Waals surface area contributed by atoms with Crippen molar-refractivity contribution in [3.63, 3.8) is 0 Å². The lowest BCUT2D eigenvalue weighted by molar-refractivity contribution is 0.654. The molecule has 1 heterocycles. The highest BCUT2D eigenvalue weighted by Gasteiger charge is 2.02. The Morgan fingerprint density at radius 1 is 1.33 bits per heavy atom. The molecule has 2 nitrogen and oxygen atoms in total. The van der Waals surface area contributed by atoms with Gasteiger partial charge < -0.3 is 9.88 Å². The molecule has 0 fully saturated rings. The molecule has 0 saturated heterocycles. The Bertz CT molecular complexity index is 522. The van der Waals surface area contributed by atoms with Gasteiger partial charge in [0.1, 0.15) is 0 Å². The molecule has 0 saturated carbocycles. The zero-order valence-electron chi connectivity index (χ0n) is 10.3. The van der Waals surface area contributed by atoms with Gasteiger partial charge in [-0.1, -0.05) is 18.5 Å². The number of hydrogen-bond acceptors (Lipinski definition) is 1. The van der Waals surface area contributed by atoms with Gasteiger partial charge in [-0.15, -0.1) is 0 Å². The molecule has 0 spiro atoms. The lowest BCUT2D eigenvalue weighted by atomic mass is 10.3. The van der Waals surface area contributed by atoms with E-state index in [-0.39, 0.29) is 0 Å². The molecule has 0 bridgehead atoms. The molecular formula is C14H16BrClN2. The molecule has 2 rings (SSSR count). The van der Waals surface area contributed by atoms with Crippen molar-refractivity contribution in [1.82, 2.24) is 4.57 Å². The number of aromatic nitrogens is 1. The van der Waals surface area contributed by atoms with Gasteiger partial charge in [-0.25, -0.2) is 0 Å². The topological polar surface area (TPSA) is 17.0 Å². The molecule has 1 N–H and O–H groups in total. The van der Waals surface area contributed by atoms with Crippen LogP contribution < -0.4 is 5.32 Å². The van der Waals surface area contributed by atoms with Crippen molar-refractivity contribution in [2.24, 2.45) is 0 Å². The lowest BCUT2D eigenvalue weighted by Crippen LogP contribution is -2.06. The van der Waals surface area contributed by atoms with Crippen LogP contribution in [0.15, 0.2) is 41.0 Å². The Labute approximate surface area is 121 Å². The summed E-state index contributed by atoms with van der Waals surface area (Å²) in [5.41, 5.74) is 2.36. The van der Waals surface area contributed by atoms with Crippen LogP contribution in [0.2, 0.25) is 5.02 Å². The second-order valence-electron chi connectivity index (χ2n) is 4.18. The SMILES string of the molecule is CCCn1cccc1CNc1ccc(Cl)c(Br)c1. The summed E-state index contributed by atoms with van der Waals surface area (Å²) < 4.78 is 3.19. The van der Waals surface area contributed by atoms with Gasteiger partial charge in [0.15, 0.2) is 0 Å². The zero-order valence-corrected chi connectivity index (χ0v) is 12.6. The predicted molar refractivity (Wildman–Crippen MR) is 81.2 cm³/mol. The van der Waals surface area contributed by atoms with E-state index in [9.17, 15) is 0 Å². The molecule has 1 aromatic heterocycles. The quantitative estimate of drug-likeness (QED) is 0.824. The Kier molecular flexibility index (Phi) is 4.72. The fraction of sp³-hybridized carbons (Fsp3) is 0.286. The van der Waals surface area contributed by atoms with Crippen molar-refractivity contribution in [1.29, 1.82) is 0 Å². The van der Waals surface area contributed by atoms with Crippen molar-refractivity contribution < 1.29 is 0 Å². The van der Waals surface area contributed by atoms with E-state index in [0.717, 1.165) is 34.7 Å². The summed E-state index contributed by atoms with van der Waals surface area (Å²) in [7, 11) is 0.